The summed E-state index contributed by atoms with van der Waals surface area (Å²) in [6.45, 7) is 6.63. The van der Waals surface area contributed by atoms with E-state index in [4.69, 9.17) is 4.74 Å². The minimum atomic E-state index is 0.107. The van der Waals surface area contributed by atoms with Gasteiger partial charge in [0.2, 0.25) is 0 Å². The van der Waals surface area contributed by atoms with E-state index in [1.807, 2.05) is 24.3 Å². The smallest absolute Gasteiger partial charge is 0.319 e. The molecule has 6 heteroatoms. The van der Waals surface area contributed by atoms with E-state index in [1.54, 1.807) is 4.90 Å². The lowest BCUT2D eigenvalue weighted by atomic mass is 10.2. The molecule has 1 aromatic rings. The van der Waals surface area contributed by atoms with Crippen LogP contribution in [0.3, 0.4) is 0 Å². The summed E-state index contributed by atoms with van der Waals surface area (Å²) in [6.07, 6.45) is 6.84. The average Bonchev–Trinajstić information content (AvgIpc) is 2.95. The molecule has 2 amide bonds. The van der Waals surface area contributed by atoms with Crippen LogP contribution in [0.4, 0.5) is 4.79 Å². The number of carbonyl (C=O) groups is 1. The Labute approximate surface area is 126 Å². The van der Waals surface area contributed by atoms with Gasteiger partial charge in [-0.1, -0.05) is 6.92 Å². The molecule has 0 bridgehead atoms. The van der Waals surface area contributed by atoms with Crippen LogP contribution in [0.1, 0.15) is 25.6 Å². The van der Waals surface area contributed by atoms with E-state index in [-0.39, 0.29) is 6.03 Å². The molecule has 2 heterocycles. The molecule has 118 valence electrons. The second-order valence-corrected chi connectivity index (χ2v) is 5.44. The van der Waals surface area contributed by atoms with Crippen molar-refractivity contribution in [3.05, 3.63) is 18.2 Å². The largest absolute Gasteiger partial charge is 0.378 e. The molecule has 0 aliphatic carbocycles. The van der Waals surface area contributed by atoms with Gasteiger partial charge in [0.15, 0.2) is 0 Å². The normalized spacial score (nSPS) is 15.2. The van der Waals surface area contributed by atoms with Gasteiger partial charge in [-0.25, -0.2) is 9.78 Å². The van der Waals surface area contributed by atoms with Gasteiger partial charge in [0.25, 0.3) is 0 Å². The zero-order chi connectivity index (χ0) is 15.1. The predicted octanol–water partition coefficient (Wildman–Crippen LogP) is 1.61. The lowest BCUT2D eigenvalue weighted by Crippen LogP contribution is -2.47. The molecule has 2 rings (SSSR count). The third-order valence-corrected chi connectivity index (χ3v) is 3.77. The number of nitrogens with zero attached hydrogens (tertiary/aromatic N) is 4. The zero-order valence-corrected chi connectivity index (χ0v) is 13.1. The highest BCUT2D eigenvalue weighted by Crippen LogP contribution is 2.06. The Hall–Kier alpha value is -1.56. The van der Waals surface area contributed by atoms with Crippen molar-refractivity contribution in [1.82, 2.24) is 19.4 Å². The van der Waals surface area contributed by atoms with Crippen LogP contribution in [0.2, 0.25) is 0 Å². The number of ether oxygens (including phenoxy) is 1. The van der Waals surface area contributed by atoms with Crippen molar-refractivity contribution in [2.75, 3.05) is 39.9 Å². The molecule has 21 heavy (non-hydrogen) atoms. The first-order chi connectivity index (χ1) is 10.2. The van der Waals surface area contributed by atoms with E-state index in [2.05, 4.69) is 16.5 Å². The molecule has 0 N–H and O–H groups in total. The Balaban J connectivity index is 1.74. The Kier molecular flexibility index (Phi) is 6.04. The molecule has 0 radical (unpaired) electrons. The van der Waals surface area contributed by atoms with E-state index in [1.165, 1.54) is 0 Å². The third-order valence-electron chi connectivity index (χ3n) is 3.77. The second kappa shape index (κ2) is 8.02. The monoisotopic (exact) mass is 294 g/mol. The number of aryl methyl sites for hydroxylation is 2. The first-order valence-corrected chi connectivity index (χ1v) is 7.80. The fourth-order valence-corrected chi connectivity index (χ4v) is 2.58. The number of aromatic nitrogens is 2. The van der Waals surface area contributed by atoms with Crippen molar-refractivity contribution in [2.24, 2.45) is 0 Å². The molecule has 1 fully saturated rings. The lowest BCUT2D eigenvalue weighted by Gasteiger charge is -2.31. The molecular weight excluding hydrogens is 268 g/mol. The third kappa shape index (κ3) is 4.46. The Morgan fingerprint density at radius 3 is 2.90 bits per heavy atom. The van der Waals surface area contributed by atoms with Crippen molar-refractivity contribution in [2.45, 2.75) is 32.7 Å². The van der Waals surface area contributed by atoms with E-state index in [0.29, 0.717) is 26.3 Å². The molecule has 1 saturated heterocycles. The molecule has 1 aromatic heterocycles. The van der Waals surface area contributed by atoms with Gasteiger partial charge in [0.1, 0.15) is 5.82 Å². The van der Waals surface area contributed by atoms with Gasteiger partial charge in [-0.05, 0) is 12.8 Å². The second-order valence-electron chi connectivity index (χ2n) is 5.44. The molecule has 0 spiro atoms. The summed E-state index contributed by atoms with van der Waals surface area (Å²) in [4.78, 5) is 20.3. The minimum Gasteiger partial charge on any atom is -0.378 e. The summed E-state index contributed by atoms with van der Waals surface area (Å²) in [5.74, 6) is 1.11. The topological polar surface area (TPSA) is 50.6 Å². The van der Waals surface area contributed by atoms with E-state index in [0.717, 1.165) is 38.2 Å². The summed E-state index contributed by atoms with van der Waals surface area (Å²) < 4.78 is 7.47. The van der Waals surface area contributed by atoms with Crippen LogP contribution < -0.4 is 0 Å². The van der Waals surface area contributed by atoms with Gasteiger partial charge in [-0.3, -0.25) is 0 Å². The summed E-state index contributed by atoms with van der Waals surface area (Å²) >= 11 is 0. The standard InChI is InChI=1S/C15H26N4O2/c1-3-7-18-9-6-16-14(18)5-4-8-17(2)15(20)19-10-12-21-13-11-19/h6,9H,3-5,7-8,10-13H2,1-2H3. The number of carbonyl (C=O) groups excluding carboxylic acids is 1. The van der Waals surface area contributed by atoms with Gasteiger partial charge >= 0.3 is 6.03 Å². The first kappa shape index (κ1) is 15.8. The predicted molar refractivity (Wildman–Crippen MR) is 81.3 cm³/mol. The summed E-state index contributed by atoms with van der Waals surface area (Å²) in [7, 11) is 1.87. The highest BCUT2D eigenvalue weighted by Gasteiger charge is 2.19. The van der Waals surface area contributed by atoms with Crippen molar-refractivity contribution in [1.29, 1.82) is 0 Å². The molecule has 1 aliphatic rings. The first-order valence-electron chi connectivity index (χ1n) is 7.80. The van der Waals surface area contributed by atoms with Crippen LogP contribution in [-0.2, 0) is 17.7 Å². The van der Waals surface area contributed by atoms with Crippen LogP contribution in [0.5, 0.6) is 0 Å². The Morgan fingerprint density at radius 1 is 1.43 bits per heavy atom. The summed E-state index contributed by atoms with van der Waals surface area (Å²) in [5, 5.41) is 0. The molecule has 0 unspecified atom stereocenters. The fourth-order valence-electron chi connectivity index (χ4n) is 2.58. The molecule has 6 nitrogen and oxygen atoms in total. The van der Waals surface area contributed by atoms with E-state index >= 15 is 0 Å². The number of hydrogen-bond acceptors (Lipinski definition) is 3. The van der Waals surface area contributed by atoms with Crippen LogP contribution in [0.15, 0.2) is 12.4 Å². The van der Waals surface area contributed by atoms with Gasteiger partial charge < -0.3 is 19.1 Å². The average molecular weight is 294 g/mol. The molecule has 0 atom stereocenters. The molecular formula is C15H26N4O2. The van der Waals surface area contributed by atoms with Gasteiger partial charge in [-0.15, -0.1) is 0 Å². The quantitative estimate of drug-likeness (QED) is 0.801. The molecule has 1 aliphatic heterocycles. The molecule has 0 aromatic carbocycles. The van der Waals surface area contributed by atoms with Crippen LogP contribution in [-0.4, -0.2) is 65.3 Å². The van der Waals surface area contributed by atoms with Gasteiger partial charge in [-0.2, -0.15) is 0 Å². The fraction of sp³-hybridized carbons (Fsp3) is 0.733. The SMILES string of the molecule is CCCn1ccnc1CCCN(C)C(=O)N1CCOCC1. The maximum atomic E-state index is 12.2. The zero-order valence-electron chi connectivity index (χ0n) is 13.1. The number of amides is 2. The minimum absolute atomic E-state index is 0.107. The summed E-state index contributed by atoms with van der Waals surface area (Å²) in [6, 6.07) is 0.107. The van der Waals surface area contributed by atoms with Crippen LogP contribution >= 0.6 is 0 Å². The highest BCUT2D eigenvalue weighted by molar-refractivity contribution is 5.74. The van der Waals surface area contributed by atoms with E-state index < -0.39 is 0 Å². The molecule has 0 saturated carbocycles. The van der Waals surface area contributed by atoms with Crippen LogP contribution in [0, 0.1) is 0 Å². The highest BCUT2D eigenvalue weighted by atomic mass is 16.5. The number of rotatable bonds is 6. The number of urea groups is 1. The Bertz CT molecular complexity index is 441. The maximum Gasteiger partial charge on any atom is 0.319 e. The van der Waals surface area contributed by atoms with Crippen molar-refractivity contribution in [3.8, 4) is 0 Å². The maximum absolute atomic E-state index is 12.2. The van der Waals surface area contributed by atoms with Crippen molar-refractivity contribution in [3.63, 3.8) is 0 Å². The Morgan fingerprint density at radius 2 is 2.19 bits per heavy atom. The number of imidazole rings is 1. The lowest BCUT2D eigenvalue weighted by molar-refractivity contribution is 0.0452. The van der Waals surface area contributed by atoms with Gasteiger partial charge in [0.05, 0.1) is 13.2 Å². The van der Waals surface area contributed by atoms with Crippen molar-refractivity contribution >= 4 is 6.03 Å². The van der Waals surface area contributed by atoms with E-state index in [9.17, 15) is 4.79 Å². The van der Waals surface area contributed by atoms with Gasteiger partial charge in [0, 0.05) is 52.0 Å². The number of morpholine rings is 1. The number of hydrogen-bond donors (Lipinski definition) is 0. The van der Waals surface area contributed by atoms with Crippen LogP contribution in [0.25, 0.3) is 0 Å². The summed E-state index contributed by atoms with van der Waals surface area (Å²) in [5.41, 5.74) is 0. The van der Waals surface area contributed by atoms with Crippen molar-refractivity contribution < 1.29 is 9.53 Å².